The molecule has 7 atom stereocenters. The molecule has 22 heteroatoms. The van der Waals surface area contributed by atoms with Crippen LogP contribution in [0, 0.1) is 18.2 Å². The Morgan fingerprint density at radius 3 is 2.47 bits per heavy atom. The molecule has 1 fully saturated rings. The molecule has 1 aliphatic rings. The predicted octanol–water partition coefficient (Wildman–Crippen LogP) is -1.23. The number of halogens is 1. The zero-order chi connectivity index (χ0) is 27.4. The third-order valence-electron chi connectivity index (χ3n) is 4.83. The highest BCUT2D eigenvalue weighted by Gasteiger charge is 2.57. The Labute approximate surface area is 199 Å². The van der Waals surface area contributed by atoms with Crippen LogP contribution in [0.15, 0.2) is 11.0 Å². The van der Waals surface area contributed by atoms with Gasteiger partial charge >= 0.3 is 23.5 Å². The molecular weight excluding hydrogens is 558 g/mol. The van der Waals surface area contributed by atoms with Crippen LogP contribution in [0.1, 0.15) is 13.2 Å². The van der Waals surface area contributed by atoms with Gasteiger partial charge in [0.1, 0.15) is 17.6 Å². The van der Waals surface area contributed by atoms with Gasteiger partial charge in [0, 0.05) is 6.20 Å². The minimum atomic E-state index is -5.82. The molecule has 36 heavy (non-hydrogen) atoms. The average Bonchev–Trinajstić information content (AvgIpc) is 3.13. The van der Waals surface area contributed by atoms with Crippen molar-refractivity contribution < 1.29 is 60.6 Å². The number of nitrogens with zero attached hydrogens (tertiary/aromatic N) is 2. The summed E-state index contributed by atoms with van der Waals surface area (Å²) in [6, 6.07) is 0. The summed E-state index contributed by atoms with van der Waals surface area (Å²) in [5, 5.41) is 10.2. The first-order chi connectivity index (χ1) is 16.3. The first kappa shape index (κ1) is 28.6. The molecule has 10 N–H and O–H groups in total. The van der Waals surface area contributed by atoms with E-state index in [9.17, 15) is 37.8 Å². The molecule has 0 spiro atoms. The number of anilines is 1. The van der Waals surface area contributed by atoms with E-state index in [0.717, 1.165) is 17.7 Å². The molecule has 0 radical (unpaired) electrons. The number of terminal acetylenes is 1. The summed E-state index contributed by atoms with van der Waals surface area (Å²) in [6.45, 7) is 1.00. The lowest BCUT2D eigenvalue weighted by Gasteiger charge is -2.28. The molecule has 0 aromatic carbocycles. The van der Waals surface area contributed by atoms with E-state index in [1.54, 1.807) is 0 Å². The molecule has 3 rings (SSSR count). The van der Waals surface area contributed by atoms with Crippen molar-refractivity contribution in [1.82, 2.24) is 14.5 Å². The molecule has 0 amide bonds. The van der Waals surface area contributed by atoms with Crippen LogP contribution in [0.5, 0.6) is 0 Å². The van der Waals surface area contributed by atoms with E-state index in [-0.39, 0.29) is 5.65 Å². The number of fused-ring (bicyclic) bond motifs is 1. The van der Waals surface area contributed by atoms with E-state index in [0.29, 0.717) is 0 Å². The third-order valence-corrected chi connectivity index (χ3v) is 8.76. The lowest BCUT2D eigenvalue weighted by molar-refractivity contribution is -0.0732. The number of hydrogen-bond acceptors (Lipinski definition) is 12. The van der Waals surface area contributed by atoms with Crippen LogP contribution in [0.2, 0.25) is 0 Å². The number of hydrogen-bond donors (Lipinski definition) is 8. The van der Waals surface area contributed by atoms with Gasteiger partial charge in [-0.1, -0.05) is 5.92 Å². The number of aromatic amines is 1. The van der Waals surface area contributed by atoms with Crippen LogP contribution in [-0.4, -0.2) is 63.1 Å². The number of aliphatic hydroxyl groups excluding tert-OH is 1. The van der Waals surface area contributed by atoms with Crippen molar-refractivity contribution in [3.05, 3.63) is 22.4 Å². The summed E-state index contributed by atoms with van der Waals surface area (Å²) in [5.41, 5.74) is 8.09. The summed E-state index contributed by atoms with van der Waals surface area (Å²) < 4.78 is 67.2. The molecule has 0 bridgehead atoms. The van der Waals surface area contributed by atoms with E-state index < -0.39 is 76.3 Å². The van der Waals surface area contributed by atoms with Gasteiger partial charge < -0.3 is 40.9 Å². The molecule has 2 aromatic heterocycles. The smallest absolute Gasteiger partial charge is 0.387 e. The van der Waals surface area contributed by atoms with Crippen molar-refractivity contribution in [2.75, 3.05) is 5.73 Å². The van der Waals surface area contributed by atoms with Crippen molar-refractivity contribution in [2.45, 2.75) is 37.0 Å². The number of nitrogens with one attached hydrogen (secondary N) is 1. The number of aliphatic hydroxyl groups is 1. The first-order valence-electron chi connectivity index (χ1n) is 9.28. The van der Waals surface area contributed by atoms with E-state index in [2.05, 4.69) is 29.0 Å². The number of phosphoric ester groups is 1. The van der Waals surface area contributed by atoms with Gasteiger partial charge in [-0.3, -0.25) is 18.9 Å². The van der Waals surface area contributed by atoms with Gasteiger partial charge in [-0.2, -0.15) is 13.6 Å². The fraction of sp³-hybridized carbons (Fsp3) is 0.429. The van der Waals surface area contributed by atoms with Crippen LogP contribution in [0.3, 0.4) is 0 Å². The minimum absolute atomic E-state index is 0.378. The Hall–Kier alpha value is -2.00. The molecule has 1 aliphatic heterocycles. The second-order valence-corrected chi connectivity index (χ2v) is 11.8. The van der Waals surface area contributed by atoms with E-state index in [4.69, 9.17) is 32.4 Å². The summed E-state index contributed by atoms with van der Waals surface area (Å²) in [7, 11) is -17.1. The van der Waals surface area contributed by atoms with Crippen LogP contribution in [-0.2, 0) is 31.6 Å². The van der Waals surface area contributed by atoms with Crippen molar-refractivity contribution in [3.8, 4) is 12.3 Å². The Kier molecular flexibility index (Phi) is 7.45. The number of phosphoric acid groups is 3. The number of ether oxygens (including phenoxy) is 1. The zero-order valence-electron chi connectivity index (χ0n) is 17.7. The average molecular weight is 577 g/mol. The standard InChI is InChI=1S/C14H19FN5O13P3/c1-3-14(17)9(21)8(5(2)31-35(26,27)33-36(28,29)32-34(23,24)25)30-12(14)20-4-6(15)7-10(20)18-13(16)19-11(7)22/h1,4-5,8-9,12,21H,17H2,2H3,(H,26,27)(H,28,29)(H2,23,24,25)(H3,16,18,19,22)/t5-,8+,9-,12+,14?/m0/s1. The molecule has 0 saturated carbocycles. The number of H-pyrrole nitrogens is 1. The van der Waals surface area contributed by atoms with E-state index in [1.807, 2.05) is 0 Å². The quantitative estimate of drug-likeness (QED) is 0.134. The molecule has 18 nitrogen and oxygen atoms in total. The van der Waals surface area contributed by atoms with Crippen molar-refractivity contribution >= 4 is 40.4 Å². The molecule has 3 heterocycles. The number of nitrogen functional groups attached to an aromatic ring is 1. The molecule has 1 saturated heterocycles. The van der Waals surface area contributed by atoms with Crippen molar-refractivity contribution in [3.63, 3.8) is 0 Å². The fourth-order valence-electron chi connectivity index (χ4n) is 3.45. The highest BCUT2D eigenvalue weighted by atomic mass is 31.3. The number of nitrogens with two attached hydrogens (primary N) is 2. The third kappa shape index (κ3) is 5.62. The topological polar surface area (TPSA) is 292 Å². The number of aromatic nitrogens is 3. The summed E-state index contributed by atoms with van der Waals surface area (Å²) in [4.78, 5) is 54.2. The minimum Gasteiger partial charge on any atom is -0.387 e. The highest BCUT2D eigenvalue weighted by molar-refractivity contribution is 7.66. The maximum Gasteiger partial charge on any atom is 0.490 e. The monoisotopic (exact) mass is 577 g/mol. The van der Waals surface area contributed by atoms with Gasteiger partial charge in [0.05, 0.1) is 6.10 Å². The summed E-state index contributed by atoms with van der Waals surface area (Å²) in [5.74, 6) is 0.565. The predicted molar refractivity (Wildman–Crippen MR) is 115 cm³/mol. The second kappa shape index (κ2) is 9.39. The zero-order valence-corrected chi connectivity index (χ0v) is 20.4. The molecule has 200 valence electrons. The normalized spacial score (nSPS) is 28.9. The Morgan fingerprint density at radius 1 is 1.31 bits per heavy atom. The maximum atomic E-state index is 14.5. The summed E-state index contributed by atoms with van der Waals surface area (Å²) >= 11 is 0. The van der Waals surface area contributed by atoms with Crippen LogP contribution >= 0.6 is 23.5 Å². The van der Waals surface area contributed by atoms with Crippen LogP contribution in [0.25, 0.3) is 11.0 Å². The lowest BCUT2D eigenvalue weighted by atomic mass is 9.90. The second-order valence-electron chi connectivity index (χ2n) is 7.41. The van der Waals surface area contributed by atoms with E-state index >= 15 is 0 Å². The largest absolute Gasteiger partial charge is 0.490 e. The molecular formula is C14H19FN5O13P3. The van der Waals surface area contributed by atoms with Crippen molar-refractivity contribution in [2.24, 2.45) is 5.73 Å². The van der Waals surface area contributed by atoms with E-state index in [1.165, 1.54) is 0 Å². The lowest BCUT2D eigenvalue weighted by Crippen LogP contribution is -2.54. The number of rotatable bonds is 8. The van der Waals surface area contributed by atoms with Gasteiger partial charge in [0.2, 0.25) is 5.95 Å². The summed E-state index contributed by atoms with van der Waals surface area (Å²) in [6.07, 6.45) is -0.839. The Morgan fingerprint density at radius 2 is 1.92 bits per heavy atom. The van der Waals surface area contributed by atoms with Gasteiger partial charge in [0.15, 0.2) is 23.2 Å². The highest BCUT2D eigenvalue weighted by Crippen LogP contribution is 2.66. The van der Waals surface area contributed by atoms with Gasteiger partial charge in [0.25, 0.3) is 5.56 Å². The Balaban J connectivity index is 1.93. The maximum absolute atomic E-state index is 14.5. The van der Waals surface area contributed by atoms with Gasteiger partial charge in [-0.25, -0.2) is 18.1 Å². The molecule has 0 aliphatic carbocycles. The fourth-order valence-corrected chi connectivity index (χ4v) is 6.65. The Bertz CT molecular complexity index is 1430. The van der Waals surface area contributed by atoms with Crippen molar-refractivity contribution in [1.29, 1.82) is 0 Å². The molecule has 2 aromatic rings. The molecule has 3 unspecified atom stereocenters. The van der Waals surface area contributed by atoms with Crippen LogP contribution < -0.4 is 17.0 Å². The SMILES string of the molecule is C#CC1(N)[C@@H](O)[C@@H]([C@H](C)OP(=O)(O)OP(=O)(O)OP(=O)(O)O)O[C@H]1n1cc(F)c2c(=O)[nH]c(N)nc21. The van der Waals surface area contributed by atoms with Crippen LogP contribution in [0.4, 0.5) is 10.3 Å². The first-order valence-corrected chi connectivity index (χ1v) is 13.8. The van der Waals surface area contributed by atoms with Gasteiger partial charge in [-0.05, 0) is 6.92 Å². The van der Waals surface area contributed by atoms with Gasteiger partial charge in [-0.15, -0.1) is 6.42 Å².